The van der Waals surface area contributed by atoms with Gasteiger partial charge in [0.1, 0.15) is 5.75 Å². The number of hydrogen-bond donors (Lipinski definition) is 1. The van der Waals surface area contributed by atoms with Gasteiger partial charge in [0.05, 0.1) is 0 Å². The third kappa shape index (κ3) is 5.28. The molecular formula is C26H33NO. The summed E-state index contributed by atoms with van der Waals surface area (Å²) in [6.07, 6.45) is 6.88. The fraction of sp³-hybridized carbons (Fsp3) is 0.385. The van der Waals surface area contributed by atoms with Crippen LogP contribution in [-0.2, 0) is 12.8 Å². The predicted molar refractivity (Wildman–Crippen MR) is 121 cm³/mol. The van der Waals surface area contributed by atoms with E-state index in [-0.39, 0.29) is 0 Å². The summed E-state index contributed by atoms with van der Waals surface area (Å²) >= 11 is 0. The zero-order valence-electron chi connectivity index (χ0n) is 17.3. The van der Waals surface area contributed by atoms with E-state index in [1.807, 2.05) is 18.2 Å². The molecule has 2 heteroatoms. The number of rotatable bonds is 10. The van der Waals surface area contributed by atoms with Crippen LogP contribution >= 0.6 is 0 Å². The zero-order valence-corrected chi connectivity index (χ0v) is 17.3. The molecule has 0 saturated carbocycles. The highest BCUT2D eigenvalue weighted by Crippen LogP contribution is 2.26. The summed E-state index contributed by atoms with van der Waals surface area (Å²) in [6, 6.07) is 21.1. The Labute approximate surface area is 169 Å². The van der Waals surface area contributed by atoms with Crippen LogP contribution in [0.15, 0.2) is 60.7 Å². The van der Waals surface area contributed by atoms with E-state index in [4.69, 9.17) is 0 Å². The number of aromatic hydroxyl groups is 1. The van der Waals surface area contributed by atoms with Crippen LogP contribution < -0.4 is 4.90 Å². The summed E-state index contributed by atoms with van der Waals surface area (Å²) in [5.41, 5.74) is 3.91. The maximum atomic E-state index is 10.0. The van der Waals surface area contributed by atoms with Crippen molar-refractivity contribution in [1.29, 1.82) is 0 Å². The predicted octanol–water partition coefficient (Wildman–Crippen LogP) is 6.74. The molecule has 0 bridgehead atoms. The van der Waals surface area contributed by atoms with E-state index < -0.39 is 0 Å². The average Bonchev–Trinajstić information content (AvgIpc) is 2.72. The molecule has 0 amide bonds. The lowest BCUT2D eigenvalue weighted by molar-refractivity contribution is 0.475. The van der Waals surface area contributed by atoms with E-state index in [0.29, 0.717) is 5.75 Å². The van der Waals surface area contributed by atoms with Gasteiger partial charge in [0.2, 0.25) is 0 Å². The molecule has 3 aromatic carbocycles. The second-order valence-corrected chi connectivity index (χ2v) is 7.69. The van der Waals surface area contributed by atoms with Crippen molar-refractivity contribution >= 4 is 16.5 Å². The molecule has 1 N–H and O–H groups in total. The lowest BCUT2D eigenvalue weighted by Crippen LogP contribution is -2.25. The number of phenolic OH excluding ortho intramolecular Hbond substituents is 1. The molecule has 148 valence electrons. The smallest absolute Gasteiger partial charge is 0.116 e. The van der Waals surface area contributed by atoms with Gasteiger partial charge in [-0.2, -0.15) is 0 Å². The number of benzene rings is 3. The van der Waals surface area contributed by atoms with Gasteiger partial charge in [0, 0.05) is 18.8 Å². The number of fused-ring (bicyclic) bond motifs is 1. The van der Waals surface area contributed by atoms with Crippen LogP contribution in [0, 0.1) is 0 Å². The molecule has 28 heavy (non-hydrogen) atoms. The van der Waals surface area contributed by atoms with Crippen molar-refractivity contribution in [2.75, 3.05) is 18.0 Å². The minimum Gasteiger partial charge on any atom is -0.508 e. The van der Waals surface area contributed by atoms with E-state index in [9.17, 15) is 5.11 Å². The van der Waals surface area contributed by atoms with E-state index in [0.717, 1.165) is 31.3 Å². The molecule has 3 aromatic rings. The Bertz CT molecular complexity index is 861. The van der Waals surface area contributed by atoms with E-state index in [1.165, 1.54) is 47.9 Å². The van der Waals surface area contributed by atoms with Crippen LogP contribution in [0.25, 0.3) is 10.8 Å². The Morgan fingerprint density at radius 3 is 2.14 bits per heavy atom. The van der Waals surface area contributed by atoms with Crippen molar-refractivity contribution in [1.82, 2.24) is 0 Å². The van der Waals surface area contributed by atoms with Gasteiger partial charge in [0.15, 0.2) is 0 Å². The number of nitrogens with zero attached hydrogens (tertiary/aromatic N) is 1. The van der Waals surface area contributed by atoms with Crippen LogP contribution in [-0.4, -0.2) is 18.2 Å². The van der Waals surface area contributed by atoms with Gasteiger partial charge >= 0.3 is 0 Å². The summed E-state index contributed by atoms with van der Waals surface area (Å²) in [4.78, 5) is 2.53. The van der Waals surface area contributed by atoms with Gasteiger partial charge in [-0.15, -0.1) is 0 Å². The Morgan fingerprint density at radius 2 is 1.46 bits per heavy atom. The van der Waals surface area contributed by atoms with Gasteiger partial charge < -0.3 is 10.0 Å². The van der Waals surface area contributed by atoms with Gasteiger partial charge in [-0.3, -0.25) is 0 Å². The molecule has 0 radical (unpaired) electrons. The molecule has 0 aliphatic heterocycles. The molecule has 0 atom stereocenters. The maximum Gasteiger partial charge on any atom is 0.116 e. The number of anilines is 1. The topological polar surface area (TPSA) is 23.5 Å². The van der Waals surface area contributed by atoms with E-state index in [1.54, 1.807) is 0 Å². The molecule has 0 aliphatic carbocycles. The quantitative estimate of drug-likeness (QED) is 0.424. The third-order valence-electron chi connectivity index (χ3n) is 5.48. The normalized spacial score (nSPS) is 11.1. The van der Waals surface area contributed by atoms with Crippen LogP contribution in [0.4, 0.5) is 5.69 Å². The first-order valence-corrected chi connectivity index (χ1v) is 10.8. The van der Waals surface area contributed by atoms with Crippen molar-refractivity contribution in [2.45, 2.75) is 52.4 Å². The summed E-state index contributed by atoms with van der Waals surface area (Å²) in [5, 5.41) is 12.4. The molecule has 0 heterocycles. The lowest BCUT2D eigenvalue weighted by Gasteiger charge is -2.25. The summed E-state index contributed by atoms with van der Waals surface area (Å²) in [5.74, 6) is 0.353. The maximum absolute atomic E-state index is 10.0. The number of aryl methyl sites for hydroxylation is 2. The van der Waals surface area contributed by atoms with E-state index in [2.05, 4.69) is 61.2 Å². The first kappa shape index (κ1) is 20.3. The summed E-state index contributed by atoms with van der Waals surface area (Å²) < 4.78 is 0. The fourth-order valence-corrected chi connectivity index (χ4v) is 3.80. The van der Waals surface area contributed by atoms with Crippen molar-refractivity contribution in [2.24, 2.45) is 0 Å². The van der Waals surface area contributed by atoms with Crippen LogP contribution in [0.5, 0.6) is 5.75 Å². The molecule has 3 rings (SSSR count). The van der Waals surface area contributed by atoms with Gasteiger partial charge in [0.25, 0.3) is 0 Å². The molecular weight excluding hydrogens is 342 g/mol. The van der Waals surface area contributed by atoms with Gasteiger partial charge in [-0.1, -0.05) is 63.1 Å². The minimum absolute atomic E-state index is 0.353. The molecule has 0 saturated heterocycles. The van der Waals surface area contributed by atoms with Crippen LogP contribution in [0.2, 0.25) is 0 Å². The number of unbranched alkanes of at least 4 members (excludes halogenated alkanes) is 2. The number of phenols is 1. The first-order chi connectivity index (χ1) is 13.7. The fourth-order valence-electron chi connectivity index (χ4n) is 3.80. The highest BCUT2D eigenvalue weighted by molar-refractivity contribution is 5.87. The average molecular weight is 376 g/mol. The molecule has 2 nitrogen and oxygen atoms in total. The molecule has 0 spiro atoms. The zero-order chi connectivity index (χ0) is 19.8. The largest absolute Gasteiger partial charge is 0.508 e. The SMILES string of the molecule is CCCCN(CCCC)c1ccc(CCc2cc(O)cc3ccccc23)cc1. The second-order valence-electron chi connectivity index (χ2n) is 7.69. The molecule has 0 unspecified atom stereocenters. The van der Waals surface area contributed by atoms with Crippen molar-refractivity contribution in [3.63, 3.8) is 0 Å². The van der Waals surface area contributed by atoms with Crippen molar-refractivity contribution in [3.8, 4) is 5.75 Å². The highest BCUT2D eigenvalue weighted by Gasteiger charge is 2.07. The van der Waals surface area contributed by atoms with Crippen LogP contribution in [0.3, 0.4) is 0 Å². The standard InChI is InChI=1S/C26H33NO/c1-3-5-17-27(18-6-4-2)24-15-12-21(13-16-24)11-14-23-20-25(28)19-22-9-7-8-10-26(22)23/h7-10,12-13,15-16,19-20,28H,3-6,11,14,17-18H2,1-2H3. The monoisotopic (exact) mass is 375 g/mol. The van der Waals surface area contributed by atoms with Gasteiger partial charge in [-0.05, 0) is 71.8 Å². The minimum atomic E-state index is 0.353. The third-order valence-corrected chi connectivity index (χ3v) is 5.48. The molecule has 0 fully saturated rings. The number of hydrogen-bond acceptors (Lipinski definition) is 2. The Morgan fingerprint density at radius 1 is 0.786 bits per heavy atom. The highest BCUT2D eigenvalue weighted by atomic mass is 16.3. The van der Waals surface area contributed by atoms with E-state index >= 15 is 0 Å². The van der Waals surface area contributed by atoms with Crippen LogP contribution in [0.1, 0.15) is 50.7 Å². The molecule has 0 aliphatic rings. The lowest BCUT2D eigenvalue weighted by atomic mass is 9.98. The summed E-state index contributed by atoms with van der Waals surface area (Å²) in [6.45, 7) is 6.80. The Balaban J connectivity index is 1.69. The van der Waals surface area contributed by atoms with Gasteiger partial charge in [-0.25, -0.2) is 0 Å². The molecule has 0 aromatic heterocycles. The van der Waals surface area contributed by atoms with Crippen molar-refractivity contribution < 1.29 is 5.11 Å². The van der Waals surface area contributed by atoms with Crippen molar-refractivity contribution in [3.05, 3.63) is 71.8 Å². The summed E-state index contributed by atoms with van der Waals surface area (Å²) in [7, 11) is 0. The second kappa shape index (κ2) is 10.2. The Hall–Kier alpha value is -2.48. The first-order valence-electron chi connectivity index (χ1n) is 10.8. The Kier molecular flexibility index (Phi) is 7.36.